The van der Waals surface area contributed by atoms with E-state index in [1.54, 1.807) is 0 Å². The Morgan fingerprint density at radius 2 is 1.91 bits per heavy atom. The Morgan fingerprint density at radius 1 is 1.18 bits per heavy atom. The number of aryl methyl sites for hydroxylation is 1. The molecule has 0 amide bonds. The van der Waals surface area contributed by atoms with Gasteiger partial charge in [-0.15, -0.1) is 0 Å². The second-order valence-corrected chi connectivity index (χ2v) is 7.64. The Kier molecular flexibility index (Phi) is 5.83. The van der Waals surface area contributed by atoms with E-state index in [0.29, 0.717) is 4.90 Å². The van der Waals surface area contributed by atoms with E-state index < -0.39 is 10.0 Å². The summed E-state index contributed by atoms with van der Waals surface area (Å²) in [7, 11) is -3.44. The number of benzene rings is 1. The highest BCUT2D eigenvalue weighted by Gasteiger charge is 2.30. The van der Waals surface area contributed by atoms with E-state index >= 15 is 0 Å². The zero-order chi connectivity index (χ0) is 16.2. The average molecular weight is 326 g/mol. The van der Waals surface area contributed by atoms with Crippen LogP contribution in [0.2, 0.25) is 0 Å². The standard InChI is InChI=1S/C16H26N2O3S/c1-12-6-9-15(17-10-4-3-5-11-19)13(2)16(12)22(20,21)18-14-7-8-14/h6,9,14,17-19H,3-5,7-8,10-11H2,1-2H3. The molecule has 6 heteroatoms. The van der Waals surface area contributed by atoms with E-state index in [9.17, 15) is 8.42 Å². The van der Waals surface area contributed by atoms with Crippen LogP contribution in [0.25, 0.3) is 0 Å². The molecule has 1 fully saturated rings. The van der Waals surface area contributed by atoms with E-state index in [2.05, 4.69) is 10.0 Å². The summed E-state index contributed by atoms with van der Waals surface area (Å²) < 4.78 is 27.8. The fourth-order valence-electron chi connectivity index (χ4n) is 2.55. The lowest BCUT2D eigenvalue weighted by molar-refractivity contribution is 0.283. The first-order chi connectivity index (χ1) is 10.5. The van der Waals surface area contributed by atoms with Crippen LogP contribution in [0.4, 0.5) is 5.69 Å². The number of sulfonamides is 1. The number of rotatable bonds is 9. The molecule has 1 saturated carbocycles. The van der Waals surface area contributed by atoms with Crippen molar-refractivity contribution in [3.05, 3.63) is 23.3 Å². The molecule has 5 nitrogen and oxygen atoms in total. The number of hydrogen-bond acceptors (Lipinski definition) is 4. The van der Waals surface area contributed by atoms with Gasteiger partial charge in [-0.2, -0.15) is 0 Å². The van der Waals surface area contributed by atoms with Gasteiger partial charge in [-0.1, -0.05) is 6.07 Å². The molecule has 1 aromatic carbocycles. The molecule has 0 bridgehead atoms. The fourth-order valence-corrected chi connectivity index (χ4v) is 4.35. The quantitative estimate of drug-likeness (QED) is 0.609. The van der Waals surface area contributed by atoms with Crippen molar-refractivity contribution in [2.24, 2.45) is 0 Å². The van der Waals surface area contributed by atoms with Crippen LogP contribution in [0.15, 0.2) is 17.0 Å². The number of unbranched alkanes of at least 4 members (excludes halogenated alkanes) is 2. The van der Waals surface area contributed by atoms with Crippen molar-refractivity contribution in [2.45, 2.75) is 56.9 Å². The molecule has 0 atom stereocenters. The highest BCUT2D eigenvalue weighted by Crippen LogP contribution is 2.29. The van der Waals surface area contributed by atoms with Crippen molar-refractivity contribution in [1.29, 1.82) is 0 Å². The normalized spacial score (nSPS) is 15.0. The first kappa shape index (κ1) is 17.2. The molecule has 22 heavy (non-hydrogen) atoms. The van der Waals surface area contributed by atoms with Crippen molar-refractivity contribution in [3.63, 3.8) is 0 Å². The Balaban J connectivity index is 2.11. The van der Waals surface area contributed by atoms with Crippen molar-refractivity contribution < 1.29 is 13.5 Å². The number of nitrogens with one attached hydrogen (secondary N) is 2. The molecule has 1 aliphatic carbocycles. The highest BCUT2D eigenvalue weighted by molar-refractivity contribution is 7.89. The zero-order valence-corrected chi connectivity index (χ0v) is 14.2. The van der Waals surface area contributed by atoms with Gasteiger partial charge in [-0.05, 0) is 63.1 Å². The minimum absolute atomic E-state index is 0.110. The van der Waals surface area contributed by atoms with Gasteiger partial charge in [0.05, 0.1) is 4.90 Å². The van der Waals surface area contributed by atoms with Gasteiger partial charge in [0.1, 0.15) is 0 Å². The van der Waals surface area contributed by atoms with Gasteiger partial charge in [0.15, 0.2) is 0 Å². The topological polar surface area (TPSA) is 78.4 Å². The summed E-state index contributed by atoms with van der Waals surface area (Å²) in [6.45, 7) is 4.68. The first-order valence-corrected chi connectivity index (χ1v) is 9.41. The maximum atomic E-state index is 12.5. The van der Waals surface area contributed by atoms with Gasteiger partial charge in [-0.3, -0.25) is 0 Å². The second-order valence-electron chi connectivity index (χ2n) is 5.99. The summed E-state index contributed by atoms with van der Waals surface area (Å²) in [6, 6.07) is 3.90. The molecule has 0 radical (unpaired) electrons. The first-order valence-electron chi connectivity index (χ1n) is 7.93. The van der Waals surface area contributed by atoms with E-state index in [0.717, 1.165) is 55.5 Å². The lowest BCUT2D eigenvalue weighted by atomic mass is 10.1. The van der Waals surface area contributed by atoms with Gasteiger partial charge in [0.25, 0.3) is 0 Å². The van der Waals surface area contributed by atoms with Crippen LogP contribution in [0.3, 0.4) is 0 Å². The third-order valence-electron chi connectivity index (χ3n) is 3.92. The molecular formula is C16H26N2O3S. The Hall–Kier alpha value is -1.11. The van der Waals surface area contributed by atoms with E-state index in [4.69, 9.17) is 5.11 Å². The van der Waals surface area contributed by atoms with Crippen molar-refractivity contribution in [2.75, 3.05) is 18.5 Å². The number of anilines is 1. The predicted octanol–water partition coefficient (Wildman–Crippen LogP) is 2.32. The van der Waals surface area contributed by atoms with Crippen molar-refractivity contribution in [3.8, 4) is 0 Å². The third kappa shape index (κ3) is 4.44. The highest BCUT2D eigenvalue weighted by atomic mass is 32.2. The molecule has 124 valence electrons. The zero-order valence-electron chi connectivity index (χ0n) is 13.4. The minimum atomic E-state index is -3.44. The molecule has 0 spiro atoms. The minimum Gasteiger partial charge on any atom is -0.396 e. The molecule has 0 aromatic heterocycles. The molecular weight excluding hydrogens is 300 g/mol. The monoisotopic (exact) mass is 326 g/mol. The summed E-state index contributed by atoms with van der Waals surface area (Å²) >= 11 is 0. The Morgan fingerprint density at radius 3 is 2.55 bits per heavy atom. The lowest BCUT2D eigenvalue weighted by Crippen LogP contribution is -2.27. The van der Waals surface area contributed by atoms with Gasteiger partial charge in [-0.25, -0.2) is 13.1 Å². The van der Waals surface area contributed by atoms with Gasteiger partial charge in [0.2, 0.25) is 10.0 Å². The van der Waals surface area contributed by atoms with Crippen molar-refractivity contribution in [1.82, 2.24) is 4.72 Å². The molecule has 0 aliphatic heterocycles. The molecule has 0 heterocycles. The van der Waals surface area contributed by atoms with Crippen LogP contribution in [0, 0.1) is 13.8 Å². The molecule has 2 rings (SSSR count). The van der Waals surface area contributed by atoms with Crippen LogP contribution >= 0.6 is 0 Å². The van der Waals surface area contributed by atoms with E-state index in [-0.39, 0.29) is 12.6 Å². The summed E-state index contributed by atoms with van der Waals surface area (Å²) in [5.41, 5.74) is 2.41. The summed E-state index contributed by atoms with van der Waals surface area (Å²) in [5, 5.41) is 12.1. The third-order valence-corrected chi connectivity index (χ3v) is 5.73. The van der Waals surface area contributed by atoms with Crippen LogP contribution in [-0.2, 0) is 10.0 Å². The van der Waals surface area contributed by atoms with Crippen molar-refractivity contribution >= 4 is 15.7 Å². The summed E-state index contributed by atoms with van der Waals surface area (Å²) in [4.78, 5) is 0.403. The lowest BCUT2D eigenvalue weighted by Gasteiger charge is -2.16. The van der Waals surface area contributed by atoms with E-state index in [1.165, 1.54) is 0 Å². The molecule has 3 N–H and O–H groups in total. The van der Waals surface area contributed by atoms with Gasteiger partial charge in [0, 0.05) is 24.9 Å². The maximum Gasteiger partial charge on any atom is 0.241 e. The molecule has 0 saturated heterocycles. The van der Waals surface area contributed by atoms with Crippen LogP contribution in [0.1, 0.15) is 43.2 Å². The number of hydrogen-bond donors (Lipinski definition) is 3. The number of aliphatic hydroxyl groups is 1. The fraction of sp³-hybridized carbons (Fsp3) is 0.625. The molecule has 0 unspecified atom stereocenters. The average Bonchev–Trinajstić information content (AvgIpc) is 3.23. The molecule has 1 aliphatic rings. The van der Waals surface area contributed by atoms with Gasteiger partial charge >= 0.3 is 0 Å². The maximum absolute atomic E-state index is 12.5. The summed E-state index contributed by atoms with van der Waals surface area (Å²) in [5.74, 6) is 0. The van der Waals surface area contributed by atoms with Gasteiger partial charge < -0.3 is 10.4 Å². The molecule has 1 aromatic rings. The Labute approximate surface area is 133 Å². The predicted molar refractivity (Wildman–Crippen MR) is 88.7 cm³/mol. The Bertz CT molecular complexity index is 610. The summed E-state index contributed by atoms with van der Waals surface area (Å²) in [6.07, 6.45) is 4.58. The van der Waals surface area contributed by atoms with E-state index in [1.807, 2.05) is 26.0 Å². The second kappa shape index (κ2) is 7.44. The number of aliphatic hydroxyl groups excluding tert-OH is 1. The van der Waals surface area contributed by atoms with Crippen LogP contribution in [-0.4, -0.2) is 32.7 Å². The SMILES string of the molecule is Cc1ccc(NCCCCCO)c(C)c1S(=O)(=O)NC1CC1. The van der Waals surface area contributed by atoms with Crippen LogP contribution in [0.5, 0.6) is 0 Å². The van der Waals surface area contributed by atoms with Crippen LogP contribution < -0.4 is 10.0 Å². The largest absolute Gasteiger partial charge is 0.396 e. The smallest absolute Gasteiger partial charge is 0.241 e.